The molecule has 1 aromatic carbocycles. The molecule has 0 aromatic heterocycles. The number of nitrogens with one attached hydrogen (secondary N) is 1. The van der Waals surface area contributed by atoms with E-state index in [1.165, 1.54) is 0 Å². The van der Waals surface area contributed by atoms with Gasteiger partial charge in [0.05, 0.1) is 6.04 Å². The van der Waals surface area contributed by atoms with Gasteiger partial charge in [0.2, 0.25) is 5.91 Å². The summed E-state index contributed by atoms with van der Waals surface area (Å²) < 4.78 is 36.4. The number of amides is 1. The fourth-order valence-corrected chi connectivity index (χ4v) is 2.51. The summed E-state index contributed by atoms with van der Waals surface area (Å²) in [5, 5.41) is 1.94. The Labute approximate surface area is 127 Å². The van der Waals surface area contributed by atoms with Crippen LogP contribution >= 0.6 is 0 Å². The average molecular weight is 315 g/mol. The van der Waals surface area contributed by atoms with Crippen molar-refractivity contribution in [1.82, 2.24) is 10.2 Å². The number of rotatable bonds is 4. The second-order valence-corrected chi connectivity index (χ2v) is 5.37. The van der Waals surface area contributed by atoms with Crippen molar-refractivity contribution in [3.63, 3.8) is 0 Å². The third-order valence-electron chi connectivity index (χ3n) is 3.83. The lowest BCUT2D eigenvalue weighted by atomic mass is 10.2. The van der Waals surface area contributed by atoms with Crippen LogP contribution in [0.2, 0.25) is 0 Å². The van der Waals surface area contributed by atoms with E-state index in [1.807, 2.05) is 40.5 Å². The Hall–Kier alpha value is -1.76. The van der Waals surface area contributed by atoms with Crippen LogP contribution in [-0.2, 0) is 4.79 Å². The molecule has 1 N–H and O–H groups in total. The zero-order valence-electron chi connectivity index (χ0n) is 12.4. The van der Waals surface area contributed by atoms with Crippen molar-refractivity contribution in [2.24, 2.45) is 0 Å². The maximum atomic E-state index is 12.1. The third kappa shape index (κ3) is 4.62. The second kappa shape index (κ2) is 7.00. The number of alkyl halides is 3. The van der Waals surface area contributed by atoms with Crippen LogP contribution < -0.4 is 10.2 Å². The van der Waals surface area contributed by atoms with E-state index in [2.05, 4.69) is 4.90 Å². The second-order valence-electron chi connectivity index (χ2n) is 5.37. The molecule has 2 rings (SSSR count). The first-order valence-electron chi connectivity index (χ1n) is 7.25. The minimum Gasteiger partial charge on any atom is -0.369 e. The number of piperazine rings is 1. The molecule has 0 aliphatic carbocycles. The Bertz CT molecular complexity index is 485. The van der Waals surface area contributed by atoms with Gasteiger partial charge >= 0.3 is 6.18 Å². The maximum absolute atomic E-state index is 12.1. The molecule has 1 fully saturated rings. The molecule has 7 heteroatoms. The number of nitrogens with zero attached hydrogens (tertiary/aromatic N) is 2. The number of carbonyl (C=O) groups excluding carboxylic acids is 1. The molecule has 0 spiro atoms. The quantitative estimate of drug-likeness (QED) is 0.921. The van der Waals surface area contributed by atoms with Gasteiger partial charge in [-0.05, 0) is 19.1 Å². The predicted molar refractivity (Wildman–Crippen MR) is 78.8 cm³/mol. The van der Waals surface area contributed by atoms with Crippen molar-refractivity contribution in [1.29, 1.82) is 0 Å². The largest absolute Gasteiger partial charge is 0.405 e. The number of carbonyl (C=O) groups is 1. The standard InChI is InChI=1S/C15H20F3N3O/c1-12(14(22)19-11-15(16,17)18)20-7-9-21(10-8-20)13-5-3-2-4-6-13/h2-6,12H,7-11H2,1H3,(H,19,22)/t12-/m1/s1. The molecule has 0 radical (unpaired) electrons. The topological polar surface area (TPSA) is 35.6 Å². The monoisotopic (exact) mass is 315 g/mol. The van der Waals surface area contributed by atoms with Crippen molar-refractivity contribution >= 4 is 11.6 Å². The lowest BCUT2D eigenvalue weighted by Gasteiger charge is -2.38. The van der Waals surface area contributed by atoms with Crippen molar-refractivity contribution in [2.75, 3.05) is 37.6 Å². The fourth-order valence-electron chi connectivity index (χ4n) is 2.51. The van der Waals surface area contributed by atoms with E-state index < -0.39 is 24.7 Å². The molecule has 1 aliphatic heterocycles. The van der Waals surface area contributed by atoms with Gasteiger partial charge in [0.15, 0.2) is 0 Å². The Kier molecular flexibility index (Phi) is 5.28. The van der Waals surface area contributed by atoms with Gasteiger partial charge in [-0.25, -0.2) is 0 Å². The lowest BCUT2D eigenvalue weighted by molar-refractivity contribution is -0.141. The summed E-state index contributed by atoms with van der Waals surface area (Å²) in [5.41, 5.74) is 1.12. The smallest absolute Gasteiger partial charge is 0.369 e. The van der Waals surface area contributed by atoms with Crippen LogP contribution in [0.15, 0.2) is 30.3 Å². The van der Waals surface area contributed by atoms with Crippen LogP contribution in [-0.4, -0.2) is 55.7 Å². The van der Waals surface area contributed by atoms with Crippen molar-refractivity contribution in [2.45, 2.75) is 19.1 Å². The number of hydrogen-bond donors (Lipinski definition) is 1. The maximum Gasteiger partial charge on any atom is 0.405 e. The normalized spacial score (nSPS) is 18.1. The van der Waals surface area contributed by atoms with Crippen molar-refractivity contribution in [3.05, 3.63) is 30.3 Å². The molecule has 1 atom stereocenters. The van der Waals surface area contributed by atoms with Crippen molar-refractivity contribution < 1.29 is 18.0 Å². The van der Waals surface area contributed by atoms with E-state index in [9.17, 15) is 18.0 Å². The molecule has 1 saturated heterocycles. The van der Waals surface area contributed by atoms with E-state index in [1.54, 1.807) is 6.92 Å². The molecule has 0 bridgehead atoms. The molecule has 0 unspecified atom stereocenters. The van der Waals surface area contributed by atoms with Gasteiger partial charge < -0.3 is 10.2 Å². The number of para-hydroxylation sites is 1. The summed E-state index contributed by atoms with van der Waals surface area (Å²) in [4.78, 5) is 15.9. The van der Waals surface area contributed by atoms with Crippen LogP contribution in [0.3, 0.4) is 0 Å². The zero-order valence-corrected chi connectivity index (χ0v) is 12.4. The number of halogens is 3. The summed E-state index contributed by atoms with van der Waals surface area (Å²) in [6.45, 7) is 3.16. The van der Waals surface area contributed by atoms with Gasteiger partial charge in [-0.15, -0.1) is 0 Å². The minimum atomic E-state index is -4.37. The number of benzene rings is 1. The first-order valence-corrected chi connectivity index (χ1v) is 7.25. The Morgan fingerprint density at radius 2 is 1.77 bits per heavy atom. The van der Waals surface area contributed by atoms with E-state index in [0.29, 0.717) is 13.1 Å². The molecule has 0 saturated carbocycles. The molecule has 1 aromatic rings. The first-order chi connectivity index (χ1) is 10.4. The van der Waals surface area contributed by atoms with Gasteiger partial charge in [-0.1, -0.05) is 18.2 Å². The average Bonchev–Trinajstić information content (AvgIpc) is 2.52. The summed E-state index contributed by atoms with van der Waals surface area (Å²) >= 11 is 0. The van der Waals surface area contributed by atoms with Crippen LogP contribution in [0, 0.1) is 0 Å². The van der Waals surface area contributed by atoms with Gasteiger partial charge in [-0.2, -0.15) is 13.2 Å². The molecule has 1 amide bonds. The summed E-state index contributed by atoms with van der Waals surface area (Å²) in [5.74, 6) is -0.578. The van der Waals surface area contributed by atoms with Gasteiger partial charge in [0.1, 0.15) is 6.54 Å². The third-order valence-corrected chi connectivity index (χ3v) is 3.83. The Morgan fingerprint density at radius 1 is 1.18 bits per heavy atom. The molecule has 4 nitrogen and oxygen atoms in total. The van der Waals surface area contributed by atoms with Crippen LogP contribution in [0.4, 0.5) is 18.9 Å². The van der Waals surface area contributed by atoms with Crippen LogP contribution in [0.5, 0.6) is 0 Å². The molecule has 1 heterocycles. The van der Waals surface area contributed by atoms with Crippen molar-refractivity contribution in [3.8, 4) is 0 Å². The molecule has 22 heavy (non-hydrogen) atoms. The Balaban J connectivity index is 1.82. The van der Waals surface area contributed by atoms with Gasteiger partial charge in [0, 0.05) is 31.9 Å². The zero-order chi connectivity index (χ0) is 16.2. The first kappa shape index (κ1) is 16.6. The van der Waals surface area contributed by atoms with Gasteiger partial charge in [0.25, 0.3) is 0 Å². The molecule has 1 aliphatic rings. The van der Waals surface area contributed by atoms with E-state index >= 15 is 0 Å². The SMILES string of the molecule is C[C@H](C(=O)NCC(F)(F)F)N1CCN(c2ccccc2)CC1. The lowest BCUT2D eigenvalue weighted by Crippen LogP contribution is -2.54. The number of hydrogen-bond acceptors (Lipinski definition) is 3. The highest BCUT2D eigenvalue weighted by Crippen LogP contribution is 2.17. The predicted octanol–water partition coefficient (Wildman–Crippen LogP) is 1.88. The highest BCUT2D eigenvalue weighted by Gasteiger charge is 2.31. The van der Waals surface area contributed by atoms with E-state index in [0.717, 1.165) is 18.8 Å². The van der Waals surface area contributed by atoms with Crippen LogP contribution in [0.1, 0.15) is 6.92 Å². The van der Waals surface area contributed by atoms with E-state index in [-0.39, 0.29) is 0 Å². The van der Waals surface area contributed by atoms with Crippen LogP contribution in [0.25, 0.3) is 0 Å². The summed E-state index contributed by atoms with van der Waals surface area (Å²) in [6.07, 6.45) is -4.37. The molecule has 122 valence electrons. The highest BCUT2D eigenvalue weighted by atomic mass is 19.4. The minimum absolute atomic E-state index is 0.555. The summed E-state index contributed by atoms with van der Waals surface area (Å²) in [7, 11) is 0. The molecular weight excluding hydrogens is 295 g/mol. The van der Waals surface area contributed by atoms with Gasteiger partial charge in [-0.3, -0.25) is 9.69 Å². The van der Waals surface area contributed by atoms with E-state index in [4.69, 9.17) is 0 Å². The molecular formula is C15H20F3N3O. The fraction of sp³-hybridized carbons (Fsp3) is 0.533. The number of anilines is 1. The summed E-state index contributed by atoms with van der Waals surface area (Å²) in [6, 6.07) is 9.38. The highest BCUT2D eigenvalue weighted by molar-refractivity contribution is 5.81. The Morgan fingerprint density at radius 3 is 2.32 bits per heavy atom.